The number of aromatic nitrogens is 1. The van der Waals surface area contributed by atoms with E-state index in [1.165, 1.54) is 6.26 Å². The SMILES string of the molecule is N#CSc1ccc(-c2ncco2)cc1. The molecule has 1 heterocycles. The molecule has 2 aromatic rings. The second kappa shape index (κ2) is 3.99. The van der Waals surface area contributed by atoms with Crippen LogP contribution in [0, 0.1) is 10.7 Å². The lowest BCUT2D eigenvalue weighted by molar-refractivity contribution is 0.574. The van der Waals surface area contributed by atoms with Crippen LogP contribution >= 0.6 is 11.8 Å². The summed E-state index contributed by atoms with van der Waals surface area (Å²) in [5.74, 6) is 0.596. The third-order valence-electron chi connectivity index (χ3n) is 1.70. The molecule has 0 aliphatic rings. The maximum Gasteiger partial charge on any atom is 0.225 e. The Morgan fingerprint density at radius 1 is 1.29 bits per heavy atom. The molecular formula is C10H6N2OS. The van der Waals surface area contributed by atoms with Crippen LogP contribution in [0.25, 0.3) is 11.5 Å². The van der Waals surface area contributed by atoms with Crippen LogP contribution < -0.4 is 0 Å². The zero-order chi connectivity index (χ0) is 9.80. The molecule has 1 aromatic heterocycles. The molecule has 1 aromatic carbocycles. The van der Waals surface area contributed by atoms with Crippen LogP contribution in [-0.4, -0.2) is 4.98 Å². The van der Waals surface area contributed by atoms with E-state index in [4.69, 9.17) is 9.68 Å². The van der Waals surface area contributed by atoms with Gasteiger partial charge in [0.25, 0.3) is 0 Å². The van der Waals surface area contributed by atoms with Gasteiger partial charge >= 0.3 is 0 Å². The Bertz CT molecular complexity index is 442. The molecule has 0 aliphatic carbocycles. The Morgan fingerprint density at radius 3 is 2.64 bits per heavy atom. The second-order valence-electron chi connectivity index (χ2n) is 2.55. The minimum atomic E-state index is 0.596. The van der Waals surface area contributed by atoms with Gasteiger partial charge in [0.2, 0.25) is 5.89 Å². The summed E-state index contributed by atoms with van der Waals surface area (Å²) in [5, 5.41) is 10.5. The Labute approximate surface area is 85.4 Å². The summed E-state index contributed by atoms with van der Waals surface area (Å²) in [6.45, 7) is 0. The lowest BCUT2D eigenvalue weighted by Crippen LogP contribution is -1.76. The second-order valence-corrected chi connectivity index (χ2v) is 3.41. The van der Waals surface area contributed by atoms with Crippen molar-refractivity contribution in [3.8, 4) is 16.9 Å². The topological polar surface area (TPSA) is 49.8 Å². The van der Waals surface area contributed by atoms with Crippen molar-refractivity contribution in [3.63, 3.8) is 0 Å². The fourth-order valence-electron chi connectivity index (χ4n) is 1.08. The van der Waals surface area contributed by atoms with Gasteiger partial charge in [-0.25, -0.2) is 4.98 Å². The molecule has 0 N–H and O–H groups in total. The molecule has 0 saturated carbocycles. The average molecular weight is 202 g/mol. The summed E-state index contributed by atoms with van der Waals surface area (Å²) in [5.41, 5.74) is 0.914. The third-order valence-corrected chi connectivity index (χ3v) is 2.30. The summed E-state index contributed by atoms with van der Waals surface area (Å²) in [4.78, 5) is 4.94. The molecule has 0 unspecified atom stereocenters. The molecule has 0 aliphatic heterocycles. The summed E-state index contributed by atoms with van der Waals surface area (Å²) in [7, 11) is 0. The van der Waals surface area contributed by atoms with Crippen molar-refractivity contribution < 1.29 is 4.42 Å². The molecule has 2 rings (SSSR count). The highest BCUT2D eigenvalue weighted by molar-refractivity contribution is 8.03. The lowest BCUT2D eigenvalue weighted by atomic mass is 10.2. The van der Waals surface area contributed by atoms with Gasteiger partial charge in [0, 0.05) is 10.5 Å². The number of nitrogens with zero attached hydrogens (tertiary/aromatic N) is 2. The van der Waals surface area contributed by atoms with Gasteiger partial charge in [-0.15, -0.1) is 0 Å². The van der Waals surface area contributed by atoms with Crippen LogP contribution in [0.5, 0.6) is 0 Å². The van der Waals surface area contributed by atoms with Crippen molar-refractivity contribution in [1.82, 2.24) is 4.98 Å². The normalized spacial score (nSPS) is 9.64. The quantitative estimate of drug-likeness (QED) is 0.555. The molecule has 0 amide bonds. The first-order chi connectivity index (χ1) is 6.90. The van der Waals surface area contributed by atoms with Crippen LogP contribution in [0.4, 0.5) is 0 Å². The standard InChI is InChI=1S/C10H6N2OS/c11-7-14-9-3-1-8(2-4-9)10-12-5-6-13-10/h1-6H. The number of thioether (sulfide) groups is 1. The predicted molar refractivity (Wildman–Crippen MR) is 53.4 cm³/mol. The van der Waals surface area contributed by atoms with E-state index in [2.05, 4.69) is 4.98 Å². The average Bonchev–Trinajstić information content (AvgIpc) is 2.72. The molecule has 0 saturated heterocycles. The van der Waals surface area contributed by atoms with Gasteiger partial charge in [-0.3, -0.25) is 0 Å². The van der Waals surface area contributed by atoms with E-state index in [9.17, 15) is 0 Å². The van der Waals surface area contributed by atoms with Crippen LogP contribution in [-0.2, 0) is 0 Å². The Hall–Kier alpha value is -1.73. The van der Waals surface area contributed by atoms with Gasteiger partial charge in [-0.05, 0) is 36.0 Å². The molecule has 0 bridgehead atoms. The van der Waals surface area contributed by atoms with Gasteiger partial charge in [0.1, 0.15) is 11.7 Å². The number of nitriles is 1. The summed E-state index contributed by atoms with van der Waals surface area (Å²) in [6.07, 6.45) is 3.14. The molecule has 68 valence electrons. The van der Waals surface area contributed by atoms with Crippen LogP contribution in [0.1, 0.15) is 0 Å². The van der Waals surface area contributed by atoms with Crippen molar-refractivity contribution in [2.45, 2.75) is 4.90 Å². The highest BCUT2D eigenvalue weighted by Gasteiger charge is 2.01. The molecule has 0 atom stereocenters. The highest BCUT2D eigenvalue weighted by atomic mass is 32.2. The maximum absolute atomic E-state index is 8.46. The van der Waals surface area contributed by atoms with E-state index < -0.39 is 0 Å². The zero-order valence-electron chi connectivity index (χ0n) is 7.18. The van der Waals surface area contributed by atoms with Gasteiger partial charge in [0.15, 0.2) is 0 Å². The number of benzene rings is 1. The molecule has 0 spiro atoms. The van der Waals surface area contributed by atoms with E-state index >= 15 is 0 Å². The van der Waals surface area contributed by atoms with Gasteiger partial charge < -0.3 is 4.42 Å². The van der Waals surface area contributed by atoms with Crippen molar-refractivity contribution in [2.75, 3.05) is 0 Å². The maximum atomic E-state index is 8.46. The first kappa shape index (κ1) is 8.85. The molecule has 3 nitrogen and oxygen atoms in total. The Kier molecular flexibility index (Phi) is 2.52. The Balaban J connectivity index is 2.27. The summed E-state index contributed by atoms with van der Waals surface area (Å²) in [6, 6.07) is 7.50. The fraction of sp³-hybridized carbons (Fsp3) is 0. The lowest BCUT2D eigenvalue weighted by Gasteiger charge is -1.96. The highest BCUT2D eigenvalue weighted by Crippen LogP contribution is 2.22. The molecule has 0 radical (unpaired) electrons. The first-order valence-corrected chi connectivity index (χ1v) is 4.77. The van der Waals surface area contributed by atoms with Crippen molar-refractivity contribution in [3.05, 3.63) is 36.7 Å². The minimum absolute atomic E-state index is 0.596. The number of hydrogen-bond acceptors (Lipinski definition) is 4. The van der Waals surface area contributed by atoms with Gasteiger partial charge in [0.05, 0.1) is 6.20 Å². The summed E-state index contributed by atoms with van der Waals surface area (Å²) < 4.78 is 5.14. The number of rotatable bonds is 2. The molecule has 14 heavy (non-hydrogen) atoms. The zero-order valence-corrected chi connectivity index (χ0v) is 7.99. The van der Waals surface area contributed by atoms with Gasteiger partial charge in [-0.2, -0.15) is 5.26 Å². The summed E-state index contributed by atoms with van der Waals surface area (Å²) >= 11 is 1.14. The van der Waals surface area contributed by atoms with E-state index in [-0.39, 0.29) is 0 Å². The fourth-order valence-corrected chi connectivity index (χ4v) is 1.46. The largest absolute Gasteiger partial charge is 0.445 e. The van der Waals surface area contributed by atoms with Crippen molar-refractivity contribution in [2.24, 2.45) is 0 Å². The third kappa shape index (κ3) is 1.78. The Morgan fingerprint density at radius 2 is 2.07 bits per heavy atom. The van der Waals surface area contributed by atoms with E-state index in [0.717, 1.165) is 22.2 Å². The molecular weight excluding hydrogens is 196 g/mol. The van der Waals surface area contributed by atoms with E-state index in [1.807, 2.05) is 29.7 Å². The van der Waals surface area contributed by atoms with Crippen LogP contribution in [0.2, 0.25) is 0 Å². The predicted octanol–water partition coefficient (Wildman–Crippen LogP) is 2.91. The van der Waals surface area contributed by atoms with Crippen molar-refractivity contribution in [1.29, 1.82) is 5.26 Å². The first-order valence-electron chi connectivity index (χ1n) is 3.96. The van der Waals surface area contributed by atoms with E-state index in [1.54, 1.807) is 6.20 Å². The molecule has 4 heteroatoms. The van der Waals surface area contributed by atoms with Gasteiger partial charge in [-0.1, -0.05) is 0 Å². The van der Waals surface area contributed by atoms with E-state index in [0.29, 0.717) is 5.89 Å². The number of hydrogen-bond donors (Lipinski definition) is 0. The number of oxazole rings is 1. The smallest absolute Gasteiger partial charge is 0.225 e. The van der Waals surface area contributed by atoms with Crippen LogP contribution in [0.15, 0.2) is 46.0 Å². The molecule has 0 fully saturated rings. The van der Waals surface area contributed by atoms with Crippen molar-refractivity contribution >= 4 is 11.8 Å². The minimum Gasteiger partial charge on any atom is -0.445 e. The van der Waals surface area contributed by atoms with Crippen LogP contribution in [0.3, 0.4) is 0 Å². The number of thiocyanates is 1. The monoisotopic (exact) mass is 202 g/mol.